The molecule has 1 aromatic carbocycles. The minimum absolute atomic E-state index is 0.242. The summed E-state index contributed by atoms with van der Waals surface area (Å²) in [6.45, 7) is 4.38. The molecule has 0 fully saturated rings. The van der Waals surface area contributed by atoms with E-state index in [1.54, 1.807) is 6.07 Å². The molecule has 0 N–H and O–H groups in total. The van der Waals surface area contributed by atoms with Crippen molar-refractivity contribution in [3.05, 3.63) is 29.8 Å². The number of aldehydes is 1. The molecule has 0 spiro atoms. The fraction of sp³-hybridized carbons (Fsp3) is 0.562. The number of hydrogen-bond donors (Lipinski definition) is 0. The largest absolute Gasteiger partial charge is 0.490 e. The van der Waals surface area contributed by atoms with Gasteiger partial charge in [0.15, 0.2) is 6.29 Å². The van der Waals surface area contributed by atoms with Crippen LogP contribution >= 0.6 is 0 Å². The molecule has 0 saturated carbocycles. The van der Waals surface area contributed by atoms with Gasteiger partial charge in [-0.3, -0.25) is 4.79 Å². The van der Waals surface area contributed by atoms with Crippen molar-refractivity contribution in [1.29, 1.82) is 0 Å². The third-order valence-corrected chi connectivity index (χ3v) is 3.10. The Bertz CT molecular complexity index is 339. The summed E-state index contributed by atoms with van der Waals surface area (Å²) in [4.78, 5) is 11.0. The quantitative estimate of drug-likeness (QED) is 0.596. The Morgan fingerprint density at radius 2 is 1.72 bits per heavy atom. The van der Waals surface area contributed by atoms with Crippen LogP contribution in [0.15, 0.2) is 24.3 Å². The van der Waals surface area contributed by atoms with Gasteiger partial charge in [-0.1, -0.05) is 51.7 Å². The molecule has 18 heavy (non-hydrogen) atoms. The standard InChI is InChI=1S/C16H24O2/c1-3-5-10-15(11-6-4-2)18-16-12-8-7-9-14(16)13-17/h7-9,12-13,15H,3-6,10-11H2,1-2H3. The van der Waals surface area contributed by atoms with E-state index in [0.717, 1.165) is 24.9 Å². The number of carbonyl (C=O) groups is 1. The fourth-order valence-electron chi connectivity index (χ4n) is 1.99. The number of para-hydroxylation sites is 1. The number of unbranched alkanes of at least 4 members (excludes halogenated alkanes) is 2. The predicted octanol–water partition coefficient (Wildman–Crippen LogP) is 4.63. The van der Waals surface area contributed by atoms with Gasteiger partial charge < -0.3 is 4.74 Å². The maximum Gasteiger partial charge on any atom is 0.153 e. The SMILES string of the molecule is CCCCC(CCCC)Oc1ccccc1C=O. The normalized spacial score (nSPS) is 10.6. The highest BCUT2D eigenvalue weighted by molar-refractivity contribution is 5.79. The Morgan fingerprint density at radius 3 is 2.28 bits per heavy atom. The summed E-state index contributed by atoms with van der Waals surface area (Å²) >= 11 is 0. The Hall–Kier alpha value is -1.31. The molecule has 1 aromatic rings. The van der Waals surface area contributed by atoms with Crippen LogP contribution in [0.3, 0.4) is 0 Å². The number of carbonyl (C=O) groups excluding carboxylic acids is 1. The van der Waals surface area contributed by atoms with E-state index in [0.29, 0.717) is 5.56 Å². The minimum atomic E-state index is 0.242. The van der Waals surface area contributed by atoms with Crippen LogP contribution in [0.5, 0.6) is 5.75 Å². The van der Waals surface area contributed by atoms with E-state index in [-0.39, 0.29) is 6.10 Å². The molecule has 0 bridgehead atoms. The first-order valence-electron chi connectivity index (χ1n) is 7.02. The molecule has 0 unspecified atom stereocenters. The number of rotatable bonds is 9. The second-order valence-electron chi connectivity index (χ2n) is 4.68. The van der Waals surface area contributed by atoms with Crippen LogP contribution in [-0.4, -0.2) is 12.4 Å². The lowest BCUT2D eigenvalue weighted by Crippen LogP contribution is -2.17. The highest BCUT2D eigenvalue weighted by atomic mass is 16.5. The summed E-state index contributed by atoms with van der Waals surface area (Å²) in [6, 6.07) is 7.47. The molecule has 0 heterocycles. The average Bonchev–Trinajstić information content (AvgIpc) is 2.42. The number of hydrogen-bond acceptors (Lipinski definition) is 2. The molecule has 2 heteroatoms. The summed E-state index contributed by atoms with van der Waals surface area (Å²) in [5.41, 5.74) is 0.649. The predicted molar refractivity (Wildman–Crippen MR) is 75.3 cm³/mol. The van der Waals surface area contributed by atoms with E-state index in [4.69, 9.17) is 4.74 Å². The highest BCUT2D eigenvalue weighted by Crippen LogP contribution is 2.21. The van der Waals surface area contributed by atoms with E-state index in [1.807, 2.05) is 18.2 Å². The summed E-state index contributed by atoms with van der Waals surface area (Å²) in [6.07, 6.45) is 7.98. The van der Waals surface area contributed by atoms with Gasteiger partial charge in [0.25, 0.3) is 0 Å². The molecular weight excluding hydrogens is 224 g/mol. The van der Waals surface area contributed by atoms with Gasteiger partial charge in [-0.2, -0.15) is 0 Å². The van der Waals surface area contributed by atoms with Gasteiger partial charge in [0.2, 0.25) is 0 Å². The zero-order chi connectivity index (χ0) is 13.2. The Labute approximate surface area is 110 Å². The topological polar surface area (TPSA) is 26.3 Å². The smallest absolute Gasteiger partial charge is 0.153 e. The molecule has 0 aliphatic rings. The molecule has 0 radical (unpaired) electrons. The van der Waals surface area contributed by atoms with Gasteiger partial charge in [0.1, 0.15) is 5.75 Å². The van der Waals surface area contributed by atoms with Crippen LogP contribution in [0, 0.1) is 0 Å². The van der Waals surface area contributed by atoms with Gasteiger partial charge in [-0.05, 0) is 25.0 Å². The minimum Gasteiger partial charge on any atom is -0.490 e. The molecule has 0 aliphatic carbocycles. The summed E-state index contributed by atoms with van der Waals surface area (Å²) < 4.78 is 6.01. The molecule has 0 saturated heterocycles. The van der Waals surface area contributed by atoms with Crippen molar-refractivity contribution < 1.29 is 9.53 Å². The van der Waals surface area contributed by atoms with E-state index in [9.17, 15) is 4.79 Å². The maximum absolute atomic E-state index is 11.0. The van der Waals surface area contributed by atoms with Crippen LogP contribution in [0.2, 0.25) is 0 Å². The Kier molecular flexibility index (Phi) is 7.16. The van der Waals surface area contributed by atoms with Crippen molar-refractivity contribution in [2.24, 2.45) is 0 Å². The second-order valence-corrected chi connectivity index (χ2v) is 4.68. The molecule has 0 atom stereocenters. The lowest BCUT2D eigenvalue weighted by atomic mass is 10.1. The molecule has 100 valence electrons. The van der Waals surface area contributed by atoms with Crippen LogP contribution in [-0.2, 0) is 0 Å². The van der Waals surface area contributed by atoms with Gasteiger partial charge in [-0.15, -0.1) is 0 Å². The Balaban J connectivity index is 2.65. The van der Waals surface area contributed by atoms with E-state index in [1.165, 1.54) is 25.7 Å². The zero-order valence-corrected chi connectivity index (χ0v) is 11.5. The van der Waals surface area contributed by atoms with Crippen LogP contribution in [0.4, 0.5) is 0 Å². The summed E-state index contributed by atoms with van der Waals surface area (Å²) in [7, 11) is 0. The molecule has 0 amide bonds. The highest BCUT2D eigenvalue weighted by Gasteiger charge is 2.11. The van der Waals surface area contributed by atoms with Gasteiger partial charge in [0.05, 0.1) is 11.7 Å². The third-order valence-electron chi connectivity index (χ3n) is 3.10. The van der Waals surface area contributed by atoms with Crippen molar-refractivity contribution in [3.63, 3.8) is 0 Å². The lowest BCUT2D eigenvalue weighted by molar-refractivity contribution is 0.111. The van der Waals surface area contributed by atoms with Crippen LogP contribution in [0.1, 0.15) is 62.7 Å². The van der Waals surface area contributed by atoms with E-state index in [2.05, 4.69) is 13.8 Å². The third kappa shape index (κ3) is 4.91. The van der Waals surface area contributed by atoms with Gasteiger partial charge in [0, 0.05) is 0 Å². The molecule has 1 rings (SSSR count). The second kappa shape index (κ2) is 8.73. The monoisotopic (exact) mass is 248 g/mol. The van der Waals surface area contributed by atoms with Gasteiger partial charge in [-0.25, -0.2) is 0 Å². The summed E-state index contributed by atoms with van der Waals surface area (Å²) in [5, 5.41) is 0. The Morgan fingerprint density at radius 1 is 1.11 bits per heavy atom. The van der Waals surface area contributed by atoms with Gasteiger partial charge >= 0.3 is 0 Å². The zero-order valence-electron chi connectivity index (χ0n) is 11.5. The van der Waals surface area contributed by atoms with Crippen molar-refractivity contribution in [3.8, 4) is 5.75 Å². The van der Waals surface area contributed by atoms with Crippen LogP contribution < -0.4 is 4.74 Å². The first kappa shape index (κ1) is 14.7. The van der Waals surface area contributed by atoms with Crippen molar-refractivity contribution in [2.75, 3.05) is 0 Å². The van der Waals surface area contributed by atoms with E-state index >= 15 is 0 Å². The van der Waals surface area contributed by atoms with Crippen molar-refractivity contribution in [1.82, 2.24) is 0 Å². The van der Waals surface area contributed by atoms with Crippen LogP contribution in [0.25, 0.3) is 0 Å². The number of benzene rings is 1. The van der Waals surface area contributed by atoms with Crippen molar-refractivity contribution >= 4 is 6.29 Å². The first-order chi connectivity index (χ1) is 8.81. The first-order valence-corrected chi connectivity index (χ1v) is 7.02. The number of ether oxygens (including phenoxy) is 1. The lowest BCUT2D eigenvalue weighted by Gasteiger charge is -2.19. The van der Waals surface area contributed by atoms with E-state index < -0.39 is 0 Å². The summed E-state index contributed by atoms with van der Waals surface area (Å²) in [5.74, 6) is 0.727. The maximum atomic E-state index is 11.0. The fourth-order valence-corrected chi connectivity index (χ4v) is 1.99. The average molecular weight is 248 g/mol. The molecule has 0 aliphatic heterocycles. The van der Waals surface area contributed by atoms with Crippen molar-refractivity contribution in [2.45, 2.75) is 58.5 Å². The molecule has 0 aromatic heterocycles. The molecule has 2 nitrogen and oxygen atoms in total. The molecular formula is C16H24O2.